The molecule has 0 saturated heterocycles. The summed E-state index contributed by atoms with van der Waals surface area (Å²) in [5.74, 6) is 0.224. The topological polar surface area (TPSA) is 78.9 Å². The Kier molecular flexibility index (Phi) is 6.46. The lowest BCUT2D eigenvalue weighted by atomic mass is 9.73. The Morgan fingerprint density at radius 1 is 1.11 bits per heavy atom. The number of halogens is 1. The van der Waals surface area contributed by atoms with Crippen LogP contribution >= 0.6 is 11.6 Å². The van der Waals surface area contributed by atoms with Crippen LogP contribution in [-0.2, 0) is 16.2 Å². The Labute approximate surface area is 221 Å². The van der Waals surface area contributed by atoms with Crippen molar-refractivity contribution in [2.75, 3.05) is 10.2 Å². The lowest BCUT2D eigenvalue weighted by molar-refractivity contribution is -0.118. The number of phenols is 1. The number of aromatic hydroxyl groups is 1. The van der Waals surface area contributed by atoms with E-state index in [1.807, 2.05) is 50.2 Å². The molecule has 3 aromatic carbocycles. The van der Waals surface area contributed by atoms with Crippen LogP contribution in [0.3, 0.4) is 0 Å². The monoisotopic (exact) mass is 516 g/mol. The van der Waals surface area contributed by atoms with Crippen molar-refractivity contribution in [1.82, 2.24) is 0 Å². The van der Waals surface area contributed by atoms with Gasteiger partial charge >= 0.3 is 0 Å². The lowest BCUT2D eigenvalue weighted by Crippen LogP contribution is -2.38. The van der Waals surface area contributed by atoms with Gasteiger partial charge in [-0.3, -0.25) is 14.5 Å². The summed E-state index contributed by atoms with van der Waals surface area (Å²) >= 11 is 6.68. The number of allylic oxidation sites excluding steroid dienone is 1. The van der Waals surface area contributed by atoms with Crippen molar-refractivity contribution in [3.05, 3.63) is 94.1 Å². The highest BCUT2D eigenvalue weighted by molar-refractivity contribution is 6.32. The number of hydrogen-bond acceptors (Lipinski definition) is 5. The van der Waals surface area contributed by atoms with Gasteiger partial charge in [0.25, 0.3) is 0 Å². The largest absolute Gasteiger partial charge is 0.506 e. The molecule has 3 aromatic rings. The number of anilines is 2. The van der Waals surface area contributed by atoms with Crippen LogP contribution in [0.25, 0.3) is 0 Å². The highest BCUT2D eigenvalue weighted by Crippen LogP contribution is 2.50. The molecule has 0 radical (unpaired) electrons. The van der Waals surface area contributed by atoms with E-state index in [0.29, 0.717) is 58.4 Å². The van der Waals surface area contributed by atoms with Gasteiger partial charge in [-0.25, -0.2) is 0 Å². The molecule has 0 saturated carbocycles. The number of phenolic OH excluding ortho intramolecular Hbond substituents is 1. The Balaban J connectivity index is 1.62. The second-order valence-electron chi connectivity index (χ2n) is 10.4. The summed E-state index contributed by atoms with van der Waals surface area (Å²) in [6.07, 6.45) is 0.945. The van der Waals surface area contributed by atoms with Gasteiger partial charge in [0, 0.05) is 24.6 Å². The molecular formula is C30H29ClN2O4. The summed E-state index contributed by atoms with van der Waals surface area (Å²) < 4.78 is 5.95. The summed E-state index contributed by atoms with van der Waals surface area (Å²) in [4.78, 5) is 28.4. The molecule has 0 fully saturated rings. The molecule has 1 amide bonds. The fraction of sp³-hybridized carbons (Fsp3) is 0.267. The fourth-order valence-electron chi connectivity index (χ4n) is 5.25. The third kappa shape index (κ3) is 4.81. The Bertz CT molecular complexity index is 1410. The molecule has 37 heavy (non-hydrogen) atoms. The number of amides is 1. The number of carbonyl (C=O) groups is 2. The van der Waals surface area contributed by atoms with Crippen molar-refractivity contribution < 1.29 is 19.4 Å². The average Bonchev–Trinajstić information content (AvgIpc) is 2.98. The van der Waals surface area contributed by atoms with Crippen LogP contribution in [0, 0.1) is 5.41 Å². The number of nitrogens with one attached hydrogen (secondary N) is 1. The summed E-state index contributed by atoms with van der Waals surface area (Å²) in [5, 5.41) is 14.4. The molecule has 0 unspecified atom stereocenters. The SMILES string of the molecule is CC(=O)N1c2cccc(O)c2NC2=C(C(=O)CC(C)(C)C2)[C@@H]1c1ccc(OCc2ccccc2)c(Cl)c1. The summed E-state index contributed by atoms with van der Waals surface area (Å²) in [6.45, 7) is 5.91. The molecule has 190 valence electrons. The molecule has 1 aliphatic heterocycles. The van der Waals surface area contributed by atoms with Crippen molar-refractivity contribution in [2.24, 2.45) is 5.41 Å². The molecule has 0 bridgehead atoms. The molecule has 2 N–H and O–H groups in total. The number of rotatable bonds is 4. The number of fused-ring (bicyclic) bond motifs is 1. The number of benzene rings is 3. The number of Topliss-reactive ketones (excluding diaryl/α,β-unsaturated/α-hetero) is 1. The number of hydrogen-bond donors (Lipinski definition) is 2. The van der Waals surface area contributed by atoms with Gasteiger partial charge < -0.3 is 15.2 Å². The van der Waals surface area contributed by atoms with Gasteiger partial charge in [0.1, 0.15) is 23.8 Å². The van der Waals surface area contributed by atoms with E-state index in [9.17, 15) is 14.7 Å². The van der Waals surface area contributed by atoms with E-state index < -0.39 is 6.04 Å². The zero-order valence-electron chi connectivity index (χ0n) is 21.0. The average molecular weight is 517 g/mol. The van der Waals surface area contributed by atoms with Crippen LogP contribution in [0.2, 0.25) is 5.02 Å². The third-order valence-electron chi connectivity index (χ3n) is 6.86. The van der Waals surface area contributed by atoms with Crippen molar-refractivity contribution in [1.29, 1.82) is 0 Å². The van der Waals surface area contributed by atoms with Crippen LogP contribution in [0.5, 0.6) is 11.5 Å². The van der Waals surface area contributed by atoms with E-state index in [-0.39, 0.29) is 22.9 Å². The van der Waals surface area contributed by atoms with E-state index in [2.05, 4.69) is 5.32 Å². The van der Waals surface area contributed by atoms with Gasteiger partial charge in [-0.05, 0) is 47.2 Å². The maximum atomic E-state index is 13.6. The highest BCUT2D eigenvalue weighted by atomic mass is 35.5. The van der Waals surface area contributed by atoms with Crippen LogP contribution in [0.1, 0.15) is 50.8 Å². The third-order valence-corrected chi connectivity index (χ3v) is 7.15. The smallest absolute Gasteiger partial charge is 0.224 e. The first-order valence-electron chi connectivity index (χ1n) is 12.3. The highest BCUT2D eigenvalue weighted by Gasteiger charge is 2.43. The number of para-hydroxylation sites is 1. The molecular weight excluding hydrogens is 488 g/mol. The molecule has 0 aromatic heterocycles. The maximum absolute atomic E-state index is 13.6. The number of nitrogens with zero attached hydrogens (tertiary/aromatic N) is 1. The zero-order chi connectivity index (χ0) is 26.3. The second kappa shape index (κ2) is 9.60. The first-order valence-corrected chi connectivity index (χ1v) is 12.6. The quantitative estimate of drug-likeness (QED) is 0.373. The molecule has 1 heterocycles. The van der Waals surface area contributed by atoms with Crippen molar-refractivity contribution in [3.63, 3.8) is 0 Å². The molecule has 7 heteroatoms. The van der Waals surface area contributed by atoms with E-state index >= 15 is 0 Å². The van der Waals surface area contributed by atoms with Crippen molar-refractivity contribution >= 4 is 34.7 Å². The van der Waals surface area contributed by atoms with Crippen LogP contribution in [0.4, 0.5) is 11.4 Å². The van der Waals surface area contributed by atoms with E-state index in [1.54, 1.807) is 35.2 Å². The van der Waals surface area contributed by atoms with Gasteiger partial charge in [0.15, 0.2) is 5.78 Å². The van der Waals surface area contributed by atoms with Gasteiger partial charge in [0.05, 0.1) is 16.8 Å². The first kappa shape index (κ1) is 24.9. The molecule has 6 nitrogen and oxygen atoms in total. The minimum absolute atomic E-state index is 0.00905. The Hall–Kier alpha value is -3.77. The minimum atomic E-state index is -0.715. The summed E-state index contributed by atoms with van der Waals surface area (Å²) in [7, 11) is 0. The van der Waals surface area contributed by atoms with E-state index in [4.69, 9.17) is 16.3 Å². The molecule has 2 aliphatic rings. The second-order valence-corrected chi connectivity index (χ2v) is 10.8. The van der Waals surface area contributed by atoms with Crippen LogP contribution in [-0.4, -0.2) is 16.8 Å². The minimum Gasteiger partial charge on any atom is -0.506 e. The van der Waals surface area contributed by atoms with Gasteiger partial charge in [-0.15, -0.1) is 0 Å². The van der Waals surface area contributed by atoms with Crippen molar-refractivity contribution in [2.45, 2.75) is 46.3 Å². The zero-order valence-corrected chi connectivity index (χ0v) is 21.8. The van der Waals surface area contributed by atoms with Crippen LogP contribution in [0.15, 0.2) is 78.0 Å². The normalized spacial score (nSPS) is 18.4. The number of ketones is 1. The van der Waals surface area contributed by atoms with Crippen molar-refractivity contribution in [3.8, 4) is 11.5 Å². The maximum Gasteiger partial charge on any atom is 0.224 e. The molecule has 0 spiro atoms. The Morgan fingerprint density at radius 3 is 2.57 bits per heavy atom. The number of ether oxygens (including phenoxy) is 1. The standard InChI is InChI=1S/C30H29ClN2O4/c1-18(34)33-23-10-7-11-24(35)28(23)32-22-15-30(2,3)16-25(36)27(22)29(33)20-12-13-26(21(31)14-20)37-17-19-8-5-4-6-9-19/h4-14,29,32,35H,15-17H2,1-3H3/t29-/m0/s1. The lowest BCUT2D eigenvalue weighted by Gasteiger charge is -2.36. The summed E-state index contributed by atoms with van der Waals surface area (Å²) in [5.41, 5.74) is 3.56. The van der Waals surface area contributed by atoms with Gasteiger partial charge in [-0.1, -0.05) is 67.9 Å². The number of carbonyl (C=O) groups excluding carboxylic acids is 2. The Morgan fingerprint density at radius 2 is 1.86 bits per heavy atom. The molecule has 1 aliphatic carbocycles. The molecule has 1 atom stereocenters. The van der Waals surface area contributed by atoms with Crippen LogP contribution < -0.4 is 15.0 Å². The van der Waals surface area contributed by atoms with E-state index in [1.165, 1.54) is 6.92 Å². The fourth-order valence-corrected chi connectivity index (χ4v) is 5.49. The van der Waals surface area contributed by atoms with Gasteiger partial charge in [-0.2, -0.15) is 0 Å². The molecule has 5 rings (SSSR count). The predicted molar refractivity (Wildman–Crippen MR) is 145 cm³/mol. The van der Waals surface area contributed by atoms with E-state index in [0.717, 1.165) is 5.56 Å². The van der Waals surface area contributed by atoms with Gasteiger partial charge in [0.2, 0.25) is 5.91 Å². The first-order chi connectivity index (χ1) is 17.6. The predicted octanol–water partition coefficient (Wildman–Crippen LogP) is 6.79. The summed E-state index contributed by atoms with van der Waals surface area (Å²) in [6, 6.07) is 19.5.